The quantitative estimate of drug-likeness (QED) is 0.813. The van der Waals surface area contributed by atoms with Crippen LogP contribution in [-0.4, -0.2) is 44.5 Å². The molecular weight excluding hydrogens is 343 g/mol. The maximum absolute atomic E-state index is 6.14. The first-order chi connectivity index (χ1) is 10.3. The highest BCUT2D eigenvalue weighted by molar-refractivity contribution is 9.10. The van der Waals surface area contributed by atoms with Gasteiger partial charge in [0.05, 0.1) is 11.2 Å². The van der Waals surface area contributed by atoms with Crippen LogP contribution in [0.3, 0.4) is 0 Å². The molecule has 2 heterocycles. The molecule has 1 aromatic rings. The van der Waals surface area contributed by atoms with E-state index in [4.69, 9.17) is 9.31 Å². The van der Waals surface area contributed by atoms with E-state index < -0.39 is 0 Å². The Morgan fingerprint density at radius 3 is 2.23 bits per heavy atom. The predicted octanol–water partition coefficient (Wildman–Crippen LogP) is 2.16. The molecule has 1 aromatic carbocycles. The van der Waals surface area contributed by atoms with Gasteiger partial charge in [-0.2, -0.15) is 0 Å². The van der Waals surface area contributed by atoms with E-state index >= 15 is 0 Å². The lowest BCUT2D eigenvalue weighted by Crippen LogP contribution is -2.43. The molecule has 3 rings (SSSR count). The van der Waals surface area contributed by atoms with Crippen molar-refractivity contribution in [2.24, 2.45) is 0 Å². The molecule has 0 radical (unpaired) electrons. The van der Waals surface area contributed by atoms with Gasteiger partial charge in [0.25, 0.3) is 0 Å². The van der Waals surface area contributed by atoms with Crippen LogP contribution in [0, 0.1) is 0 Å². The summed E-state index contributed by atoms with van der Waals surface area (Å²) in [5, 5.41) is 3.38. The van der Waals surface area contributed by atoms with Crippen LogP contribution in [0.2, 0.25) is 0 Å². The summed E-state index contributed by atoms with van der Waals surface area (Å²) < 4.78 is 13.3. The van der Waals surface area contributed by atoms with E-state index in [2.05, 4.69) is 72.0 Å². The van der Waals surface area contributed by atoms with E-state index in [1.807, 2.05) is 0 Å². The first kappa shape index (κ1) is 16.3. The number of piperazine rings is 1. The Bertz CT molecular complexity index is 543. The summed E-state index contributed by atoms with van der Waals surface area (Å²) in [6.45, 7) is 12.5. The zero-order chi connectivity index (χ0) is 16.0. The van der Waals surface area contributed by atoms with Gasteiger partial charge in [-0.3, -0.25) is 0 Å². The second-order valence-electron chi connectivity index (χ2n) is 7.03. The monoisotopic (exact) mass is 366 g/mol. The van der Waals surface area contributed by atoms with Crippen LogP contribution in [0.15, 0.2) is 22.7 Å². The van der Waals surface area contributed by atoms with Crippen molar-refractivity contribution in [2.75, 3.05) is 31.1 Å². The molecule has 2 saturated heterocycles. The highest BCUT2D eigenvalue weighted by atomic mass is 79.9. The average Bonchev–Trinajstić information content (AvgIpc) is 2.68. The number of benzene rings is 1. The van der Waals surface area contributed by atoms with E-state index in [0.29, 0.717) is 0 Å². The third-order valence-electron chi connectivity index (χ3n) is 4.97. The van der Waals surface area contributed by atoms with Crippen molar-refractivity contribution >= 4 is 34.2 Å². The van der Waals surface area contributed by atoms with Crippen LogP contribution in [0.5, 0.6) is 0 Å². The number of halogens is 1. The lowest BCUT2D eigenvalue weighted by atomic mass is 9.79. The van der Waals surface area contributed by atoms with Gasteiger partial charge >= 0.3 is 7.12 Å². The Labute approximate surface area is 141 Å². The number of nitrogens with zero attached hydrogens (tertiary/aromatic N) is 1. The molecule has 0 aliphatic carbocycles. The minimum atomic E-state index is -0.323. The molecule has 2 aliphatic heterocycles. The fraction of sp³-hybridized carbons (Fsp3) is 0.625. The molecule has 0 spiro atoms. The Morgan fingerprint density at radius 2 is 1.68 bits per heavy atom. The first-order valence-corrected chi connectivity index (χ1v) is 8.70. The van der Waals surface area contributed by atoms with Gasteiger partial charge in [0.15, 0.2) is 0 Å². The maximum atomic E-state index is 6.14. The molecule has 4 nitrogen and oxygen atoms in total. The molecule has 2 fully saturated rings. The smallest absolute Gasteiger partial charge is 0.399 e. The maximum Gasteiger partial charge on any atom is 0.495 e. The summed E-state index contributed by atoms with van der Waals surface area (Å²) in [5.74, 6) is 0. The van der Waals surface area contributed by atoms with Crippen LogP contribution in [0.4, 0.5) is 5.69 Å². The Morgan fingerprint density at radius 1 is 1.09 bits per heavy atom. The second kappa shape index (κ2) is 5.82. The van der Waals surface area contributed by atoms with Crippen LogP contribution in [0.1, 0.15) is 27.7 Å². The van der Waals surface area contributed by atoms with Gasteiger partial charge in [0.2, 0.25) is 0 Å². The number of nitrogens with one attached hydrogen (secondary N) is 1. The van der Waals surface area contributed by atoms with Crippen LogP contribution < -0.4 is 15.7 Å². The van der Waals surface area contributed by atoms with E-state index in [-0.39, 0.29) is 18.3 Å². The van der Waals surface area contributed by atoms with Crippen molar-refractivity contribution in [3.8, 4) is 0 Å². The third-order valence-corrected chi connectivity index (χ3v) is 5.66. The van der Waals surface area contributed by atoms with Crippen molar-refractivity contribution < 1.29 is 9.31 Å². The summed E-state index contributed by atoms with van der Waals surface area (Å²) in [7, 11) is -0.323. The van der Waals surface area contributed by atoms with Crippen molar-refractivity contribution in [3.63, 3.8) is 0 Å². The van der Waals surface area contributed by atoms with Crippen LogP contribution in [0.25, 0.3) is 0 Å². The Kier molecular flexibility index (Phi) is 4.31. The van der Waals surface area contributed by atoms with Crippen molar-refractivity contribution in [2.45, 2.75) is 38.9 Å². The number of hydrogen-bond donors (Lipinski definition) is 1. The molecule has 22 heavy (non-hydrogen) atoms. The Balaban J connectivity index is 1.81. The summed E-state index contributed by atoms with van der Waals surface area (Å²) in [4.78, 5) is 2.40. The molecule has 6 heteroatoms. The molecule has 0 unspecified atom stereocenters. The van der Waals surface area contributed by atoms with E-state index in [0.717, 1.165) is 36.1 Å². The first-order valence-electron chi connectivity index (χ1n) is 7.91. The van der Waals surface area contributed by atoms with Gasteiger partial charge in [-0.25, -0.2) is 0 Å². The van der Waals surface area contributed by atoms with E-state index in [1.54, 1.807) is 0 Å². The molecule has 0 bridgehead atoms. The molecular formula is C16H24BBrN2O2. The number of rotatable bonds is 2. The van der Waals surface area contributed by atoms with E-state index in [9.17, 15) is 0 Å². The van der Waals surface area contributed by atoms with Gasteiger partial charge < -0.3 is 19.5 Å². The fourth-order valence-corrected chi connectivity index (χ4v) is 3.35. The number of hydrogen-bond acceptors (Lipinski definition) is 4. The highest BCUT2D eigenvalue weighted by Crippen LogP contribution is 2.37. The Hall–Kier alpha value is -0.555. The van der Waals surface area contributed by atoms with Gasteiger partial charge in [-0.05, 0) is 45.3 Å². The van der Waals surface area contributed by atoms with E-state index in [1.165, 1.54) is 5.69 Å². The normalized spacial score (nSPS) is 23.9. The van der Waals surface area contributed by atoms with Crippen LogP contribution >= 0.6 is 15.9 Å². The van der Waals surface area contributed by atoms with Gasteiger partial charge in [0, 0.05) is 36.3 Å². The summed E-state index contributed by atoms with van der Waals surface area (Å²) >= 11 is 3.70. The topological polar surface area (TPSA) is 33.7 Å². The average molecular weight is 367 g/mol. The molecule has 0 amide bonds. The molecule has 2 aliphatic rings. The highest BCUT2D eigenvalue weighted by Gasteiger charge is 2.52. The van der Waals surface area contributed by atoms with Crippen LogP contribution in [-0.2, 0) is 9.31 Å². The summed E-state index contributed by atoms with van der Waals surface area (Å²) in [6.07, 6.45) is 0. The zero-order valence-electron chi connectivity index (χ0n) is 13.8. The largest absolute Gasteiger partial charge is 0.495 e. The lowest BCUT2D eigenvalue weighted by Gasteiger charge is -2.32. The van der Waals surface area contributed by atoms with Gasteiger partial charge in [-0.15, -0.1) is 0 Å². The predicted molar refractivity (Wildman–Crippen MR) is 94.9 cm³/mol. The van der Waals surface area contributed by atoms with Crippen molar-refractivity contribution in [1.82, 2.24) is 5.32 Å². The molecule has 120 valence electrons. The fourth-order valence-electron chi connectivity index (χ4n) is 2.80. The lowest BCUT2D eigenvalue weighted by molar-refractivity contribution is 0.00578. The molecule has 0 aromatic heterocycles. The molecule has 0 saturated carbocycles. The van der Waals surface area contributed by atoms with Crippen molar-refractivity contribution in [3.05, 3.63) is 22.7 Å². The summed E-state index contributed by atoms with van der Waals surface area (Å²) in [5.41, 5.74) is 1.67. The molecule has 0 atom stereocenters. The second-order valence-corrected chi connectivity index (χ2v) is 7.89. The van der Waals surface area contributed by atoms with Gasteiger partial charge in [-0.1, -0.05) is 22.0 Å². The summed E-state index contributed by atoms with van der Waals surface area (Å²) in [6, 6.07) is 6.45. The standard InChI is InChI=1S/C16H24BBrN2O2/c1-15(2)16(3,4)22-17(21-15)13-6-5-12(11-14(13)18)20-9-7-19-8-10-20/h5-6,11,19H,7-10H2,1-4H3. The zero-order valence-corrected chi connectivity index (χ0v) is 15.4. The number of anilines is 1. The molecule has 1 N–H and O–H groups in total. The van der Waals surface area contributed by atoms with Crippen molar-refractivity contribution in [1.29, 1.82) is 0 Å². The minimum absolute atomic E-state index is 0.311. The SMILES string of the molecule is CC1(C)OB(c2ccc(N3CCNCC3)cc2Br)OC1(C)C. The van der Waals surface area contributed by atoms with Gasteiger partial charge in [0.1, 0.15) is 0 Å². The minimum Gasteiger partial charge on any atom is -0.399 e. The third kappa shape index (κ3) is 2.94.